The first-order valence-electron chi connectivity index (χ1n) is 8.37. The van der Waals surface area contributed by atoms with Crippen LogP contribution in [0.3, 0.4) is 0 Å². The van der Waals surface area contributed by atoms with Gasteiger partial charge < -0.3 is 9.15 Å². The monoisotopic (exact) mass is 350 g/mol. The highest BCUT2D eigenvalue weighted by molar-refractivity contribution is 6.31. The molecule has 1 aromatic heterocycles. The van der Waals surface area contributed by atoms with Crippen LogP contribution in [-0.2, 0) is 9.53 Å². The average molecular weight is 351 g/mol. The molecule has 1 unspecified atom stereocenters. The van der Waals surface area contributed by atoms with Crippen molar-refractivity contribution in [1.82, 2.24) is 9.88 Å². The fraction of sp³-hybridized carbons (Fsp3) is 0.556. The summed E-state index contributed by atoms with van der Waals surface area (Å²) in [4.78, 5) is 18.9. The normalized spacial score (nSPS) is 18.2. The number of rotatable bonds is 4. The van der Waals surface area contributed by atoms with E-state index in [-0.39, 0.29) is 23.8 Å². The minimum Gasteiger partial charge on any atom is -0.468 e. The summed E-state index contributed by atoms with van der Waals surface area (Å²) >= 11 is 6.01. The van der Waals surface area contributed by atoms with Gasteiger partial charge in [-0.15, -0.1) is 0 Å². The molecule has 3 rings (SSSR count). The van der Waals surface area contributed by atoms with Crippen LogP contribution in [-0.4, -0.2) is 42.1 Å². The highest BCUT2D eigenvalue weighted by atomic mass is 35.5. The van der Waals surface area contributed by atoms with Crippen molar-refractivity contribution in [3.63, 3.8) is 0 Å². The number of halogens is 1. The number of aromatic nitrogens is 1. The highest BCUT2D eigenvalue weighted by Gasteiger charge is 2.34. The maximum absolute atomic E-state index is 12.0. The summed E-state index contributed by atoms with van der Waals surface area (Å²) in [5.74, 6) is 1.12. The lowest BCUT2D eigenvalue weighted by Crippen LogP contribution is -2.48. The van der Waals surface area contributed by atoms with Gasteiger partial charge in [0, 0.05) is 10.9 Å². The van der Waals surface area contributed by atoms with Crippen LogP contribution in [0.25, 0.3) is 11.1 Å². The van der Waals surface area contributed by atoms with E-state index in [2.05, 4.69) is 23.7 Å². The molecule has 2 heterocycles. The predicted molar refractivity (Wildman–Crippen MR) is 93.2 cm³/mol. The number of benzene rings is 1. The maximum Gasteiger partial charge on any atom is 0.323 e. The van der Waals surface area contributed by atoms with Crippen molar-refractivity contribution in [1.29, 1.82) is 0 Å². The molecule has 0 N–H and O–H groups in total. The van der Waals surface area contributed by atoms with Gasteiger partial charge in [-0.3, -0.25) is 9.69 Å². The topological polar surface area (TPSA) is 55.6 Å². The number of carbonyl (C=O) groups is 1. The van der Waals surface area contributed by atoms with Crippen molar-refractivity contribution in [2.45, 2.75) is 38.6 Å². The summed E-state index contributed by atoms with van der Waals surface area (Å²) in [7, 11) is 1.45. The lowest BCUT2D eigenvalue weighted by molar-refractivity contribution is -0.149. The third-order valence-corrected chi connectivity index (χ3v) is 4.95. The van der Waals surface area contributed by atoms with Gasteiger partial charge in [0.25, 0.3) is 0 Å². The largest absolute Gasteiger partial charge is 0.468 e. The molecule has 24 heavy (non-hydrogen) atoms. The summed E-state index contributed by atoms with van der Waals surface area (Å²) in [6.07, 6.45) is 1.83. The van der Waals surface area contributed by atoms with E-state index >= 15 is 0 Å². The molecule has 1 aromatic carbocycles. The molecule has 1 fully saturated rings. The Labute approximate surface area is 146 Å². The van der Waals surface area contributed by atoms with E-state index in [0.29, 0.717) is 5.02 Å². The third-order valence-electron chi connectivity index (χ3n) is 4.71. The molecule has 0 amide bonds. The molecule has 1 aliphatic rings. The number of hydrogen-bond acceptors (Lipinski definition) is 5. The molecule has 1 saturated heterocycles. The van der Waals surface area contributed by atoms with Crippen LogP contribution >= 0.6 is 11.6 Å². The number of piperidine rings is 1. The van der Waals surface area contributed by atoms with Crippen molar-refractivity contribution < 1.29 is 13.9 Å². The molecule has 5 nitrogen and oxygen atoms in total. The van der Waals surface area contributed by atoms with E-state index < -0.39 is 0 Å². The molecule has 0 aliphatic carbocycles. The second kappa shape index (κ2) is 7.11. The molecule has 0 radical (unpaired) electrons. The Kier molecular flexibility index (Phi) is 5.11. The molecule has 0 saturated carbocycles. The number of ether oxygens (including phenoxy) is 1. The first-order valence-corrected chi connectivity index (χ1v) is 8.75. The minimum absolute atomic E-state index is 0.153. The van der Waals surface area contributed by atoms with Crippen molar-refractivity contribution in [3.8, 4) is 0 Å². The quantitative estimate of drug-likeness (QED) is 0.784. The summed E-state index contributed by atoms with van der Waals surface area (Å²) in [5.41, 5.74) is 1.57. The van der Waals surface area contributed by atoms with E-state index in [1.54, 1.807) is 0 Å². The average Bonchev–Trinajstić information content (AvgIpc) is 2.98. The molecule has 1 aliphatic heterocycles. The Morgan fingerprint density at radius 3 is 2.71 bits per heavy atom. The van der Waals surface area contributed by atoms with E-state index in [4.69, 9.17) is 20.8 Å². The van der Waals surface area contributed by atoms with E-state index in [1.807, 2.05) is 18.2 Å². The van der Waals surface area contributed by atoms with Crippen LogP contribution in [0.5, 0.6) is 0 Å². The van der Waals surface area contributed by atoms with E-state index in [1.165, 1.54) is 7.11 Å². The van der Waals surface area contributed by atoms with Crippen molar-refractivity contribution in [2.24, 2.45) is 5.92 Å². The number of methoxy groups -OCH3 is 1. The number of hydrogen-bond donors (Lipinski definition) is 0. The molecule has 2 aromatic rings. The van der Waals surface area contributed by atoms with E-state index in [0.717, 1.165) is 42.9 Å². The zero-order valence-electron chi connectivity index (χ0n) is 14.3. The summed E-state index contributed by atoms with van der Waals surface area (Å²) in [6.45, 7) is 5.78. The van der Waals surface area contributed by atoms with Gasteiger partial charge in [-0.25, -0.2) is 4.98 Å². The Balaban J connectivity index is 1.70. The second-order valence-corrected chi connectivity index (χ2v) is 7.12. The van der Waals surface area contributed by atoms with Gasteiger partial charge in [-0.05, 0) is 50.0 Å². The van der Waals surface area contributed by atoms with Crippen LogP contribution < -0.4 is 0 Å². The molecule has 6 heteroatoms. The predicted octanol–water partition coefficient (Wildman–Crippen LogP) is 3.86. The smallest absolute Gasteiger partial charge is 0.323 e. The number of nitrogens with zero attached hydrogens (tertiary/aromatic N) is 2. The molecule has 0 bridgehead atoms. The summed E-state index contributed by atoms with van der Waals surface area (Å²) in [5, 5.41) is 0.662. The van der Waals surface area contributed by atoms with Gasteiger partial charge in [0.2, 0.25) is 0 Å². The zero-order chi connectivity index (χ0) is 17.3. The van der Waals surface area contributed by atoms with Gasteiger partial charge in [0.1, 0.15) is 11.6 Å². The zero-order valence-corrected chi connectivity index (χ0v) is 15.0. The van der Waals surface area contributed by atoms with Crippen molar-refractivity contribution in [3.05, 3.63) is 29.1 Å². The highest BCUT2D eigenvalue weighted by Crippen LogP contribution is 2.32. The first-order chi connectivity index (χ1) is 11.5. The Hall–Kier alpha value is -1.59. The Bertz CT molecular complexity index is 720. The van der Waals surface area contributed by atoms with Crippen LogP contribution in [0.15, 0.2) is 22.6 Å². The number of likely N-dealkylation sites (tertiary alicyclic amines) is 1. The van der Waals surface area contributed by atoms with Crippen molar-refractivity contribution in [2.75, 3.05) is 20.2 Å². The first kappa shape index (κ1) is 17.2. The summed E-state index contributed by atoms with van der Waals surface area (Å²) in [6, 6.07) is 5.31. The second-order valence-electron chi connectivity index (χ2n) is 6.69. The Morgan fingerprint density at radius 1 is 1.38 bits per heavy atom. The van der Waals surface area contributed by atoms with Crippen LogP contribution in [0.4, 0.5) is 0 Å². The number of oxazole rings is 1. The molecular formula is C18H23ClN2O3. The fourth-order valence-corrected chi connectivity index (χ4v) is 3.65. The number of fused-ring (bicyclic) bond motifs is 1. The lowest BCUT2D eigenvalue weighted by Gasteiger charge is -2.37. The Morgan fingerprint density at radius 2 is 2.08 bits per heavy atom. The SMILES string of the molecule is COC(=O)C(C(C)C)N1CCC(c2nc3cc(Cl)ccc3o2)CC1. The number of carbonyl (C=O) groups excluding carboxylic acids is 1. The van der Waals surface area contributed by atoms with E-state index in [9.17, 15) is 4.79 Å². The lowest BCUT2D eigenvalue weighted by atomic mass is 9.93. The van der Waals surface area contributed by atoms with Gasteiger partial charge in [0.05, 0.1) is 7.11 Å². The van der Waals surface area contributed by atoms with Crippen LogP contribution in [0.1, 0.15) is 38.5 Å². The summed E-state index contributed by atoms with van der Waals surface area (Å²) < 4.78 is 10.9. The standard InChI is InChI=1S/C18H23ClN2O3/c1-11(2)16(18(22)23-3)21-8-6-12(7-9-21)17-20-14-10-13(19)4-5-15(14)24-17/h4-5,10-12,16H,6-9H2,1-3H3. The fourth-order valence-electron chi connectivity index (χ4n) is 3.48. The van der Waals surface area contributed by atoms with Crippen LogP contribution in [0.2, 0.25) is 5.02 Å². The molecule has 130 valence electrons. The molecule has 1 atom stereocenters. The molecule has 0 spiro atoms. The van der Waals surface area contributed by atoms with Gasteiger partial charge in [-0.2, -0.15) is 0 Å². The van der Waals surface area contributed by atoms with Gasteiger partial charge in [0.15, 0.2) is 11.5 Å². The number of esters is 1. The van der Waals surface area contributed by atoms with Crippen LogP contribution in [0, 0.1) is 5.92 Å². The maximum atomic E-state index is 12.0. The third kappa shape index (κ3) is 3.42. The van der Waals surface area contributed by atoms with Gasteiger partial charge >= 0.3 is 5.97 Å². The minimum atomic E-state index is -0.182. The molecular weight excluding hydrogens is 328 g/mol. The van der Waals surface area contributed by atoms with Crippen molar-refractivity contribution >= 4 is 28.7 Å². The van der Waals surface area contributed by atoms with Gasteiger partial charge in [-0.1, -0.05) is 25.4 Å².